The number of hydrogen-bond donors (Lipinski definition) is 1. The molecule has 2 aromatic rings. The van der Waals surface area contributed by atoms with Crippen LogP contribution in [0.5, 0.6) is 0 Å². The highest BCUT2D eigenvalue weighted by Gasteiger charge is 2.26. The number of carbonyl (C=O) groups excluding carboxylic acids is 2. The summed E-state index contributed by atoms with van der Waals surface area (Å²) in [6.07, 6.45) is 4.33. The summed E-state index contributed by atoms with van der Waals surface area (Å²) in [6, 6.07) is 10.1. The lowest BCUT2D eigenvalue weighted by Crippen LogP contribution is -2.50. The summed E-state index contributed by atoms with van der Waals surface area (Å²) in [4.78, 5) is 31.8. The molecule has 0 spiro atoms. The minimum absolute atomic E-state index is 0.00993. The third kappa shape index (κ3) is 4.76. The van der Waals surface area contributed by atoms with Crippen molar-refractivity contribution in [3.05, 3.63) is 51.2 Å². The zero-order valence-electron chi connectivity index (χ0n) is 17.9. The molecule has 0 saturated carbocycles. The van der Waals surface area contributed by atoms with Gasteiger partial charge in [-0.05, 0) is 54.9 Å². The number of piperazine rings is 1. The van der Waals surface area contributed by atoms with Gasteiger partial charge in [0.15, 0.2) is 0 Å². The first-order valence-electron chi connectivity index (χ1n) is 11.0. The summed E-state index contributed by atoms with van der Waals surface area (Å²) in [7, 11) is 0. The van der Waals surface area contributed by atoms with Crippen LogP contribution in [0.25, 0.3) is 0 Å². The first kappa shape index (κ1) is 21.1. The van der Waals surface area contributed by atoms with E-state index in [2.05, 4.69) is 30.1 Å². The number of benzene rings is 1. The molecule has 1 unspecified atom stereocenters. The molecule has 6 heteroatoms. The summed E-state index contributed by atoms with van der Waals surface area (Å²) < 4.78 is 0. The lowest BCUT2D eigenvalue weighted by Gasteiger charge is -2.34. The molecule has 0 radical (unpaired) electrons. The maximum Gasteiger partial charge on any atom is 0.264 e. The van der Waals surface area contributed by atoms with Gasteiger partial charge in [0.2, 0.25) is 5.91 Å². The standard InChI is InChI=1S/C24H31N3O2S/c1-3-18-6-4-5-7-20(18)25-23(28)16-26-10-12-27(13-11-26)24(29)22-15-19-14-17(2)8-9-21(19)30-22/h4-7,15,17H,3,8-14,16H2,1-2H3,(H,25,28). The molecule has 1 saturated heterocycles. The number of fused-ring (bicyclic) bond motifs is 1. The molecule has 2 aliphatic rings. The zero-order valence-corrected chi connectivity index (χ0v) is 18.8. The van der Waals surface area contributed by atoms with Crippen LogP contribution in [-0.4, -0.2) is 54.3 Å². The van der Waals surface area contributed by atoms with E-state index in [1.54, 1.807) is 11.3 Å². The molecular formula is C24H31N3O2S. The van der Waals surface area contributed by atoms with Crippen LogP contribution in [0.4, 0.5) is 5.69 Å². The van der Waals surface area contributed by atoms with Crippen molar-refractivity contribution >= 4 is 28.8 Å². The van der Waals surface area contributed by atoms with Crippen LogP contribution in [0.15, 0.2) is 30.3 Å². The summed E-state index contributed by atoms with van der Waals surface area (Å²) in [6.45, 7) is 7.57. The second-order valence-corrected chi connectivity index (χ2v) is 9.67. The summed E-state index contributed by atoms with van der Waals surface area (Å²) >= 11 is 1.69. The molecule has 1 aliphatic carbocycles. The number of nitrogens with zero attached hydrogens (tertiary/aromatic N) is 2. The molecule has 2 amide bonds. The van der Waals surface area contributed by atoms with Crippen LogP contribution in [0.2, 0.25) is 0 Å². The third-order valence-electron chi connectivity index (χ3n) is 6.24. The molecule has 1 atom stereocenters. The number of thiophene rings is 1. The Morgan fingerprint density at radius 1 is 1.17 bits per heavy atom. The van der Waals surface area contributed by atoms with E-state index >= 15 is 0 Å². The van der Waals surface area contributed by atoms with E-state index in [4.69, 9.17) is 0 Å². The molecule has 1 aromatic carbocycles. The number of hydrogen-bond acceptors (Lipinski definition) is 4. The predicted molar refractivity (Wildman–Crippen MR) is 122 cm³/mol. The van der Waals surface area contributed by atoms with E-state index in [-0.39, 0.29) is 11.8 Å². The van der Waals surface area contributed by atoms with Crippen LogP contribution < -0.4 is 5.32 Å². The Bertz CT molecular complexity index is 915. The zero-order chi connectivity index (χ0) is 21.1. The molecule has 1 aromatic heterocycles. The van der Waals surface area contributed by atoms with E-state index in [0.29, 0.717) is 25.6 Å². The number of anilines is 1. The Morgan fingerprint density at radius 3 is 2.70 bits per heavy atom. The van der Waals surface area contributed by atoms with Gasteiger partial charge in [0.25, 0.3) is 5.91 Å². The topological polar surface area (TPSA) is 52.7 Å². The molecule has 0 bridgehead atoms. The molecule has 160 valence electrons. The van der Waals surface area contributed by atoms with Crippen molar-refractivity contribution in [2.45, 2.75) is 39.5 Å². The van der Waals surface area contributed by atoms with Gasteiger partial charge < -0.3 is 10.2 Å². The Hall–Kier alpha value is -2.18. The van der Waals surface area contributed by atoms with Gasteiger partial charge in [0.05, 0.1) is 11.4 Å². The molecule has 1 aliphatic heterocycles. The highest BCUT2D eigenvalue weighted by molar-refractivity contribution is 7.14. The minimum atomic E-state index is 0.00993. The largest absolute Gasteiger partial charge is 0.335 e. The fourth-order valence-corrected chi connectivity index (χ4v) is 5.60. The number of nitrogens with one attached hydrogen (secondary N) is 1. The van der Waals surface area contributed by atoms with Gasteiger partial charge in [-0.1, -0.05) is 32.0 Å². The van der Waals surface area contributed by atoms with E-state index in [9.17, 15) is 9.59 Å². The van der Waals surface area contributed by atoms with Gasteiger partial charge in [0.1, 0.15) is 0 Å². The quantitative estimate of drug-likeness (QED) is 0.792. The van der Waals surface area contributed by atoms with Crippen molar-refractivity contribution in [1.29, 1.82) is 0 Å². The Balaban J connectivity index is 1.28. The molecule has 1 fully saturated rings. The number of para-hydroxylation sites is 1. The van der Waals surface area contributed by atoms with Gasteiger partial charge in [-0.2, -0.15) is 0 Å². The van der Waals surface area contributed by atoms with E-state index < -0.39 is 0 Å². The Morgan fingerprint density at radius 2 is 1.93 bits per heavy atom. The fraction of sp³-hybridized carbons (Fsp3) is 0.500. The maximum atomic E-state index is 13.0. The smallest absolute Gasteiger partial charge is 0.264 e. The summed E-state index contributed by atoms with van der Waals surface area (Å²) in [5.74, 6) is 0.882. The van der Waals surface area contributed by atoms with Gasteiger partial charge >= 0.3 is 0 Å². The van der Waals surface area contributed by atoms with Crippen molar-refractivity contribution in [2.24, 2.45) is 5.92 Å². The van der Waals surface area contributed by atoms with Crippen molar-refractivity contribution in [1.82, 2.24) is 9.80 Å². The molecular weight excluding hydrogens is 394 g/mol. The van der Waals surface area contributed by atoms with Gasteiger partial charge in [-0.25, -0.2) is 0 Å². The minimum Gasteiger partial charge on any atom is -0.335 e. The number of rotatable bonds is 5. The van der Waals surface area contributed by atoms with Crippen LogP contribution >= 0.6 is 11.3 Å². The highest BCUT2D eigenvalue weighted by Crippen LogP contribution is 2.32. The first-order valence-corrected chi connectivity index (χ1v) is 11.9. The van der Waals surface area contributed by atoms with Crippen molar-refractivity contribution in [2.75, 3.05) is 38.0 Å². The summed E-state index contributed by atoms with van der Waals surface area (Å²) in [5.41, 5.74) is 3.42. The van der Waals surface area contributed by atoms with Crippen LogP contribution in [0, 0.1) is 5.92 Å². The summed E-state index contributed by atoms with van der Waals surface area (Å²) in [5, 5.41) is 3.04. The number of amides is 2. The van der Waals surface area contributed by atoms with Crippen LogP contribution in [0.1, 0.15) is 45.9 Å². The lowest BCUT2D eigenvalue weighted by atomic mass is 9.90. The van der Waals surface area contributed by atoms with Crippen LogP contribution in [-0.2, 0) is 24.1 Å². The normalized spacial score (nSPS) is 19.4. The number of carbonyl (C=O) groups is 2. The average Bonchev–Trinajstić information content (AvgIpc) is 3.17. The second-order valence-electron chi connectivity index (χ2n) is 8.53. The van der Waals surface area contributed by atoms with Crippen LogP contribution in [0.3, 0.4) is 0 Å². The van der Waals surface area contributed by atoms with E-state index in [0.717, 1.165) is 48.5 Å². The van der Waals surface area contributed by atoms with Crippen molar-refractivity contribution < 1.29 is 9.59 Å². The number of aryl methyl sites for hydroxylation is 2. The fourth-order valence-electron chi connectivity index (χ4n) is 4.42. The third-order valence-corrected chi connectivity index (χ3v) is 7.46. The maximum absolute atomic E-state index is 13.0. The monoisotopic (exact) mass is 425 g/mol. The van der Waals surface area contributed by atoms with Crippen molar-refractivity contribution in [3.8, 4) is 0 Å². The lowest BCUT2D eigenvalue weighted by molar-refractivity contribution is -0.117. The predicted octanol–water partition coefficient (Wildman–Crippen LogP) is 3.83. The molecule has 5 nitrogen and oxygen atoms in total. The Kier molecular flexibility index (Phi) is 6.54. The average molecular weight is 426 g/mol. The van der Waals surface area contributed by atoms with E-state index in [1.165, 1.54) is 16.9 Å². The van der Waals surface area contributed by atoms with Gasteiger partial charge in [-0.15, -0.1) is 11.3 Å². The molecule has 4 rings (SSSR count). The highest BCUT2D eigenvalue weighted by atomic mass is 32.1. The molecule has 2 heterocycles. The Labute approximate surface area is 183 Å². The molecule has 30 heavy (non-hydrogen) atoms. The first-order chi connectivity index (χ1) is 14.5. The second kappa shape index (κ2) is 9.31. The van der Waals surface area contributed by atoms with Gasteiger partial charge in [-0.3, -0.25) is 14.5 Å². The van der Waals surface area contributed by atoms with Crippen molar-refractivity contribution in [3.63, 3.8) is 0 Å². The van der Waals surface area contributed by atoms with E-state index in [1.807, 2.05) is 29.2 Å². The SMILES string of the molecule is CCc1ccccc1NC(=O)CN1CCN(C(=O)c2cc3c(s2)CCC(C)C3)CC1. The van der Waals surface area contributed by atoms with Gasteiger partial charge in [0, 0.05) is 36.7 Å². The molecule has 1 N–H and O–H groups in total.